The number of hydrogen-bond acceptors (Lipinski definition) is 4. The SMILES string of the molecule is O=C(CCN1CCCC1)CC(=O)C(=O)O. The smallest absolute Gasteiger partial charge is 0.372 e. The third-order valence-corrected chi connectivity index (χ3v) is 2.50. The van der Waals surface area contributed by atoms with Crippen molar-refractivity contribution in [1.82, 2.24) is 4.90 Å². The number of likely N-dealkylation sites (tertiary alicyclic amines) is 1. The van der Waals surface area contributed by atoms with Crippen LogP contribution in [0.4, 0.5) is 0 Å². The van der Waals surface area contributed by atoms with Crippen LogP contribution < -0.4 is 0 Å². The van der Waals surface area contributed by atoms with Crippen LogP contribution >= 0.6 is 0 Å². The molecule has 1 saturated heterocycles. The number of carboxylic acid groups (broad SMARTS) is 1. The minimum atomic E-state index is -1.52. The molecule has 0 radical (unpaired) electrons. The molecule has 0 aliphatic carbocycles. The summed E-state index contributed by atoms with van der Waals surface area (Å²) in [7, 11) is 0. The van der Waals surface area contributed by atoms with E-state index in [0.29, 0.717) is 6.54 Å². The monoisotopic (exact) mass is 213 g/mol. The van der Waals surface area contributed by atoms with E-state index in [1.54, 1.807) is 0 Å². The maximum Gasteiger partial charge on any atom is 0.372 e. The van der Waals surface area contributed by atoms with Crippen LogP contribution in [-0.2, 0) is 14.4 Å². The van der Waals surface area contributed by atoms with Crippen LogP contribution in [0.25, 0.3) is 0 Å². The molecule has 84 valence electrons. The fourth-order valence-electron chi connectivity index (χ4n) is 1.63. The summed E-state index contributed by atoms with van der Waals surface area (Å²) < 4.78 is 0. The predicted octanol–water partition coefficient (Wildman–Crippen LogP) is 0.0852. The lowest BCUT2D eigenvalue weighted by Gasteiger charge is -2.12. The van der Waals surface area contributed by atoms with Gasteiger partial charge < -0.3 is 10.0 Å². The molecule has 1 aliphatic heterocycles. The fraction of sp³-hybridized carbons (Fsp3) is 0.700. The summed E-state index contributed by atoms with van der Waals surface area (Å²) >= 11 is 0. The highest BCUT2D eigenvalue weighted by molar-refractivity contribution is 6.36. The van der Waals surface area contributed by atoms with Crippen molar-refractivity contribution in [1.29, 1.82) is 0 Å². The van der Waals surface area contributed by atoms with Gasteiger partial charge in [-0.1, -0.05) is 0 Å². The number of carbonyl (C=O) groups is 3. The van der Waals surface area contributed by atoms with Gasteiger partial charge in [0.2, 0.25) is 5.78 Å². The quantitative estimate of drug-likeness (QED) is 0.499. The summed E-state index contributed by atoms with van der Waals surface area (Å²) in [4.78, 5) is 34.3. The summed E-state index contributed by atoms with van der Waals surface area (Å²) in [5.41, 5.74) is 0. The molecular weight excluding hydrogens is 198 g/mol. The second-order valence-electron chi connectivity index (χ2n) is 3.74. The van der Waals surface area contributed by atoms with Crippen LogP contribution in [0.1, 0.15) is 25.7 Å². The van der Waals surface area contributed by atoms with Crippen LogP contribution in [0.5, 0.6) is 0 Å². The van der Waals surface area contributed by atoms with Crippen molar-refractivity contribution < 1.29 is 19.5 Å². The first-order valence-electron chi connectivity index (χ1n) is 5.10. The lowest BCUT2D eigenvalue weighted by molar-refractivity contribution is -0.150. The Morgan fingerprint density at radius 2 is 1.73 bits per heavy atom. The maximum atomic E-state index is 11.2. The van der Waals surface area contributed by atoms with E-state index in [0.717, 1.165) is 25.9 Å². The van der Waals surface area contributed by atoms with E-state index in [2.05, 4.69) is 4.90 Å². The van der Waals surface area contributed by atoms with Crippen molar-refractivity contribution in [3.05, 3.63) is 0 Å². The van der Waals surface area contributed by atoms with Crippen LogP contribution in [0.3, 0.4) is 0 Å². The molecule has 1 rings (SSSR count). The Bertz CT molecular complexity index is 269. The van der Waals surface area contributed by atoms with Gasteiger partial charge in [0.25, 0.3) is 0 Å². The van der Waals surface area contributed by atoms with Gasteiger partial charge in [0.15, 0.2) is 0 Å². The van der Waals surface area contributed by atoms with Gasteiger partial charge in [-0.3, -0.25) is 9.59 Å². The van der Waals surface area contributed by atoms with E-state index in [1.807, 2.05) is 0 Å². The molecule has 5 nitrogen and oxygen atoms in total. The molecule has 0 atom stereocenters. The van der Waals surface area contributed by atoms with Gasteiger partial charge in [0.1, 0.15) is 5.78 Å². The molecule has 0 bridgehead atoms. The maximum absolute atomic E-state index is 11.2. The van der Waals surface area contributed by atoms with Crippen molar-refractivity contribution in [2.75, 3.05) is 19.6 Å². The average molecular weight is 213 g/mol. The zero-order chi connectivity index (χ0) is 11.3. The molecule has 15 heavy (non-hydrogen) atoms. The van der Waals surface area contributed by atoms with Crippen molar-refractivity contribution in [3.8, 4) is 0 Å². The van der Waals surface area contributed by atoms with Crippen molar-refractivity contribution in [3.63, 3.8) is 0 Å². The molecule has 0 aromatic carbocycles. The molecule has 0 aromatic rings. The van der Waals surface area contributed by atoms with Gasteiger partial charge in [-0.05, 0) is 25.9 Å². The van der Waals surface area contributed by atoms with Gasteiger partial charge >= 0.3 is 5.97 Å². The van der Waals surface area contributed by atoms with Crippen LogP contribution in [0.2, 0.25) is 0 Å². The van der Waals surface area contributed by atoms with Crippen LogP contribution in [0, 0.1) is 0 Å². The van der Waals surface area contributed by atoms with Gasteiger partial charge in [-0.2, -0.15) is 0 Å². The topological polar surface area (TPSA) is 74.7 Å². The summed E-state index contributed by atoms with van der Waals surface area (Å²) in [6.45, 7) is 2.64. The predicted molar refractivity (Wildman–Crippen MR) is 52.6 cm³/mol. The highest BCUT2D eigenvalue weighted by atomic mass is 16.4. The number of rotatable bonds is 6. The lowest BCUT2D eigenvalue weighted by Crippen LogP contribution is -2.24. The third kappa shape index (κ3) is 4.20. The minimum absolute atomic E-state index is 0.277. The summed E-state index contributed by atoms with van der Waals surface area (Å²) in [5.74, 6) is -2.82. The molecule has 1 heterocycles. The van der Waals surface area contributed by atoms with E-state index < -0.39 is 18.2 Å². The Balaban J connectivity index is 2.18. The standard InChI is InChI=1S/C10H15NO4/c12-8(7-9(13)10(14)15)3-6-11-4-1-2-5-11/h1-7H2,(H,14,15). The third-order valence-electron chi connectivity index (χ3n) is 2.50. The Hall–Kier alpha value is -1.23. The summed E-state index contributed by atoms with van der Waals surface area (Å²) in [6.07, 6.45) is 2.12. The van der Waals surface area contributed by atoms with Gasteiger partial charge in [0.05, 0.1) is 6.42 Å². The second-order valence-corrected chi connectivity index (χ2v) is 3.74. The fourth-order valence-corrected chi connectivity index (χ4v) is 1.63. The van der Waals surface area contributed by atoms with E-state index >= 15 is 0 Å². The molecule has 0 amide bonds. The molecule has 0 unspecified atom stereocenters. The number of Topliss-reactive ketones (excluding diaryl/α,β-unsaturated/α-hetero) is 2. The molecule has 0 saturated carbocycles. The van der Waals surface area contributed by atoms with Crippen LogP contribution in [0.15, 0.2) is 0 Å². The Labute approximate surface area is 88.1 Å². The number of aliphatic carboxylic acids is 1. The largest absolute Gasteiger partial charge is 0.475 e. The Morgan fingerprint density at radius 1 is 1.13 bits per heavy atom. The van der Waals surface area contributed by atoms with Crippen molar-refractivity contribution in [2.45, 2.75) is 25.7 Å². The van der Waals surface area contributed by atoms with Crippen molar-refractivity contribution in [2.24, 2.45) is 0 Å². The zero-order valence-electron chi connectivity index (χ0n) is 8.57. The van der Waals surface area contributed by atoms with Crippen molar-refractivity contribution >= 4 is 17.5 Å². The van der Waals surface area contributed by atoms with E-state index in [-0.39, 0.29) is 12.2 Å². The highest BCUT2D eigenvalue weighted by Gasteiger charge is 2.18. The minimum Gasteiger partial charge on any atom is -0.475 e. The first-order chi connectivity index (χ1) is 7.09. The number of ketones is 2. The molecule has 1 fully saturated rings. The summed E-state index contributed by atoms with van der Waals surface area (Å²) in [5, 5.41) is 8.30. The number of hydrogen-bond donors (Lipinski definition) is 1. The van der Waals surface area contributed by atoms with Gasteiger partial charge in [-0.25, -0.2) is 4.79 Å². The van der Waals surface area contributed by atoms with Gasteiger partial charge in [0, 0.05) is 13.0 Å². The van der Waals surface area contributed by atoms with E-state index in [1.165, 1.54) is 0 Å². The van der Waals surface area contributed by atoms with Crippen LogP contribution in [-0.4, -0.2) is 47.2 Å². The zero-order valence-corrected chi connectivity index (χ0v) is 8.57. The normalized spacial score (nSPS) is 16.5. The summed E-state index contributed by atoms with van der Waals surface area (Å²) in [6, 6.07) is 0. The van der Waals surface area contributed by atoms with E-state index in [9.17, 15) is 14.4 Å². The number of carbonyl (C=O) groups excluding carboxylic acids is 2. The number of carboxylic acids is 1. The number of nitrogens with zero attached hydrogens (tertiary/aromatic N) is 1. The molecule has 0 spiro atoms. The Morgan fingerprint density at radius 3 is 2.27 bits per heavy atom. The highest BCUT2D eigenvalue weighted by Crippen LogP contribution is 2.07. The molecule has 5 heteroatoms. The lowest BCUT2D eigenvalue weighted by atomic mass is 10.1. The van der Waals surface area contributed by atoms with Gasteiger partial charge in [-0.15, -0.1) is 0 Å². The molecule has 0 aromatic heterocycles. The first-order valence-corrected chi connectivity index (χ1v) is 5.10. The Kier molecular flexibility index (Phi) is 4.42. The van der Waals surface area contributed by atoms with E-state index in [4.69, 9.17) is 5.11 Å². The molecule has 1 aliphatic rings. The average Bonchev–Trinajstić information content (AvgIpc) is 2.66. The second kappa shape index (κ2) is 5.60. The first kappa shape index (κ1) is 11.8. The molecule has 1 N–H and O–H groups in total. The molecular formula is C10H15NO4.